The van der Waals surface area contributed by atoms with Crippen molar-refractivity contribution < 1.29 is 14.3 Å². The molecule has 1 aliphatic rings. The van der Waals surface area contributed by atoms with Crippen LogP contribution in [0.4, 0.5) is 4.79 Å². The van der Waals surface area contributed by atoms with Gasteiger partial charge in [-0.2, -0.15) is 0 Å². The van der Waals surface area contributed by atoms with Crippen LogP contribution in [0, 0.1) is 11.8 Å². The molecule has 0 N–H and O–H groups in total. The first-order chi connectivity index (χ1) is 14.7. The summed E-state index contributed by atoms with van der Waals surface area (Å²) >= 11 is 0. The normalized spacial score (nSPS) is 14.8. The number of hydrogen-bond acceptors (Lipinski definition) is 3. The lowest BCUT2D eigenvalue weighted by Gasteiger charge is -2.33. The average molecular weight is 397 g/mol. The lowest BCUT2D eigenvalue weighted by molar-refractivity contribution is 0.0862. The van der Waals surface area contributed by atoms with E-state index >= 15 is 0 Å². The van der Waals surface area contributed by atoms with E-state index < -0.39 is 0 Å². The second-order valence-electron chi connectivity index (χ2n) is 7.09. The smallest absolute Gasteiger partial charge is 0.411 e. The summed E-state index contributed by atoms with van der Waals surface area (Å²) in [5, 5.41) is 0. The molecule has 0 saturated heterocycles. The molecule has 0 saturated carbocycles. The van der Waals surface area contributed by atoms with E-state index in [4.69, 9.17) is 9.47 Å². The highest BCUT2D eigenvalue weighted by Crippen LogP contribution is 2.30. The molecule has 0 aromatic heterocycles. The maximum atomic E-state index is 12.9. The molecule has 0 bridgehead atoms. The van der Waals surface area contributed by atoms with Gasteiger partial charge in [-0.15, -0.1) is 0 Å². The summed E-state index contributed by atoms with van der Waals surface area (Å²) < 4.78 is 10.9. The number of hydrogen-bond donors (Lipinski definition) is 0. The van der Waals surface area contributed by atoms with Gasteiger partial charge in [0.1, 0.15) is 18.4 Å². The molecule has 0 fully saturated rings. The summed E-state index contributed by atoms with van der Waals surface area (Å²) in [6, 6.07) is 25.1. The van der Waals surface area contributed by atoms with Gasteiger partial charge in [-0.3, -0.25) is 4.90 Å². The van der Waals surface area contributed by atoms with Crippen LogP contribution in [0.3, 0.4) is 0 Å². The topological polar surface area (TPSA) is 38.8 Å². The van der Waals surface area contributed by atoms with E-state index in [1.54, 1.807) is 12.0 Å². The number of methoxy groups -OCH3 is 1. The number of nitrogens with zero attached hydrogens (tertiary/aromatic N) is 1. The molecular formula is C26H23NO3. The fraction of sp³-hybridized carbons (Fsp3) is 0.192. The van der Waals surface area contributed by atoms with Crippen LogP contribution < -0.4 is 4.74 Å². The summed E-state index contributed by atoms with van der Waals surface area (Å²) in [7, 11) is 1.63. The zero-order chi connectivity index (χ0) is 20.8. The molecule has 1 heterocycles. The molecule has 150 valence electrons. The van der Waals surface area contributed by atoms with Crippen molar-refractivity contribution in [3.05, 3.63) is 101 Å². The van der Waals surface area contributed by atoms with Crippen LogP contribution in [0.1, 0.15) is 28.3 Å². The Balaban J connectivity index is 1.59. The highest BCUT2D eigenvalue weighted by molar-refractivity contribution is 5.70. The van der Waals surface area contributed by atoms with Crippen LogP contribution >= 0.6 is 0 Å². The van der Waals surface area contributed by atoms with Crippen LogP contribution in [-0.2, 0) is 17.8 Å². The third-order valence-corrected chi connectivity index (χ3v) is 5.15. The van der Waals surface area contributed by atoms with E-state index in [9.17, 15) is 4.79 Å². The standard InChI is InChI=1S/C26H23NO3/c1-29-23-12-7-10-20(18-23)14-15-25-24-13-6-5-11-22(24)16-17-27(25)26(28)30-19-21-8-3-2-4-9-21/h2-13,18,25H,16-17,19H2,1H3/t25-/m0/s1. The van der Waals surface area contributed by atoms with Crippen molar-refractivity contribution >= 4 is 6.09 Å². The third kappa shape index (κ3) is 4.47. The Kier molecular flexibility index (Phi) is 6.01. The molecule has 4 rings (SSSR count). The number of ether oxygens (including phenoxy) is 2. The minimum absolute atomic E-state index is 0.244. The van der Waals surface area contributed by atoms with Crippen LogP contribution in [0.5, 0.6) is 5.75 Å². The molecule has 3 aromatic carbocycles. The largest absolute Gasteiger partial charge is 0.497 e. The Morgan fingerprint density at radius 1 is 1.03 bits per heavy atom. The predicted molar refractivity (Wildman–Crippen MR) is 116 cm³/mol. The number of amides is 1. The third-order valence-electron chi connectivity index (χ3n) is 5.15. The van der Waals surface area contributed by atoms with Crippen molar-refractivity contribution in [2.24, 2.45) is 0 Å². The summed E-state index contributed by atoms with van der Waals surface area (Å²) in [4.78, 5) is 14.6. The lowest BCUT2D eigenvalue weighted by Crippen LogP contribution is -2.39. The molecule has 0 unspecified atom stereocenters. The van der Waals surface area contributed by atoms with E-state index in [-0.39, 0.29) is 18.7 Å². The van der Waals surface area contributed by atoms with Gasteiger partial charge in [0.05, 0.1) is 7.11 Å². The quantitative estimate of drug-likeness (QED) is 0.585. The van der Waals surface area contributed by atoms with E-state index in [2.05, 4.69) is 17.9 Å². The zero-order valence-electron chi connectivity index (χ0n) is 16.9. The van der Waals surface area contributed by atoms with E-state index in [0.717, 1.165) is 28.9 Å². The van der Waals surface area contributed by atoms with Gasteiger partial charge in [-0.05, 0) is 41.3 Å². The first-order valence-corrected chi connectivity index (χ1v) is 9.95. The molecular weight excluding hydrogens is 374 g/mol. The summed E-state index contributed by atoms with van der Waals surface area (Å²) in [5.74, 6) is 7.26. The SMILES string of the molecule is COc1cccc(C#C[C@H]2c3ccccc3CCN2C(=O)OCc2ccccc2)c1. The molecule has 4 heteroatoms. The number of carbonyl (C=O) groups excluding carboxylic acids is 1. The van der Waals surface area contributed by atoms with Gasteiger partial charge in [0.15, 0.2) is 0 Å². The Labute approximate surface area is 177 Å². The molecule has 0 spiro atoms. The Morgan fingerprint density at radius 3 is 2.67 bits per heavy atom. The number of carbonyl (C=O) groups is 1. The monoisotopic (exact) mass is 397 g/mol. The van der Waals surface area contributed by atoms with Gasteiger partial charge in [-0.25, -0.2) is 4.79 Å². The van der Waals surface area contributed by atoms with E-state index in [0.29, 0.717) is 6.54 Å². The number of benzene rings is 3. The molecule has 1 aliphatic heterocycles. The van der Waals surface area contributed by atoms with Gasteiger partial charge in [0.2, 0.25) is 0 Å². The second-order valence-corrected chi connectivity index (χ2v) is 7.09. The van der Waals surface area contributed by atoms with Crippen molar-refractivity contribution in [1.29, 1.82) is 0 Å². The minimum atomic E-state index is -0.357. The van der Waals surface area contributed by atoms with Crippen molar-refractivity contribution in [3.8, 4) is 17.6 Å². The Hall–Kier alpha value is -3.71. The van der Waals surface area contributed by atoms with Crippen LogP contribution in [0.15, 0.2) is 78.9 Å². The number of fused-ring (bicyclic) bond motifs is 1. The van der Waals surface area contributed by atoms with Crippen molar-refractivity contribution in [3.63, 3.8) is 0 Å². The molecule has 0 aliphatic carbocycles. The summed E-state index contributed by atoms with van der Waals surface area (Å²) in [6.45, 7) is 0.815. The van der Waals surface area contributed by atoms with Crippen molar-refractivity contribution in [2.75, 3.05) is 13.7 Å². The highest BCUT2D eigenvalue weighted by atomic mass is 16.6. The van der Waals surface area contributed by atoms with Crippen LogP contribution in [-0.4, -0.2) is 24.6 Å². The molecule has 4 nitrogen and oxygen atoms in total. The zero-order valence-corrected chi connectivity index (χ0v) is 16.9. The summed E-state index contributed by atoms with van der Waals surface area (Å²) in [6.07, 6.45) is 0.437. The van der Waals surface area contributed by atoms with Gasteiger partial charge in [-0.1, -0.05) is 72.5 Å². The van der Waals surface area contributed by atoms with Gasteiger partial charge in [0.25, 0.3) is 0 Å². The lowest BCUT2D eigenvalue weighted by atomic mass is 9.93. The van der Waals surface area contributed by atoms with Gasteiger partial charge in [0, 0.05) is 12.1 Å². The maximum Gasteiger partial charge on any atom is 0.411 e. The highest BCUT2D eigenvalue weighted by Gasteiger charge is 2.30. The average Bonchev–Trinajstić information content (AvgIpc) is 2.81. The van der Waals surface area contributed by atoms with Crippen molar-refractivity contribution in [2.45, 2.75) is 19.1 Å². The number of rotatable bonds is 3. The minimum Gasteiger partial charge on any atom is -0.497 e. The first-order valence-electron chi connectivity index (χ1n) is 9.95. The Bertz CT molecular complexity index is 1080. The molecule has 1 amide bonds. The fourth-order valence-electron chi connectivity index (χ4n) is 3.57. The Morgan fingerprint density at radius 2 is 1.83 bits per heavy atom. The van der Waals surface area contributed by atoms with Crippen LogP contribution in [0.25, 0.3) is 0 Å². The van der Waals surface area contributed by atoms with Crippen LogP contribution in [0.2, 0.25) is 0 Å². The molecule has 1 atom stereocenters. The van der Waals surface area contributed by atoms with Gasteiger partial charge >= 0.3 is 6.09 Å². The molecule has 30 heavy (non-hydrogen) atoms. The molecule has 0 radical (unpaired) electrons. The second kappa shape index (κ2) is 9.19. The van der Waals surface area contributed by atoms with Gasteiger partial charge < -0.3 is 9.47 Å². The van der Waals surface area contributed by atoms with Crippen molar-refractivity contribution in [1.82, 2.24) is 4.90 Å². The maximum absolute atomic E-state index is 12.9. The molecule has 3 aromatic rings. The van der Waals surface area contributed by atoms with E-state index in [1.165, 1.54) is 5.56 Å². The summed E-state index contributed by atoms with van der Waals surface area (Å²) in [5.41, 5.74) is 4.07. The first kappa shape index (κ1) is 19.6. The fourth-order valence-corrected chi connectivity index (χ4v) is 3.57. The van der Waals surface area contributed by atoms with E-state index in [1.807, 2.05) is 72.8 Å². The predicted octanol–water partition coefficient (Wildman–Crippen LogP) is 4.98.